The van der Waals surface area contributed by atoms with Gasteiger partial charge in [-0.3, -0.25) is 4.79 Å². The second-order valence-electron chi connectivity index (χ2n) is 5.89. The molecular formula is C16H24N2O2. The molecule has 0 radical (unpaired) electrons. The Morgan fingerprint density at radius 3 is 2.65 bits per heavy atom. The summed E-state index contributed by atoms with van der Waals surface area (Å²) in [5.41, 5.74) is 2.87. The molecule has 2 N–H and O–H groups in total. The van der Waals surface area contributed by atoms with Crippen molar-refractivity contribution in [3.63, 3.8) is 0 Å². The lowest BCUT2D eigenvalue weighted by atomic mass is 10.1. The van der Waals surface area contributed by atoms with E-state index in [0.717, 1.165) is 23.4 Å². The van der Waals surface area contributed by atoms with Crippen molar-refractivity contribution >= 4 is 5.91 Å². The SMILES string of the molecule is Cc1cc(C(=O)N[C@@H]2C=C[C@H](CO)C2)c(C)n1C(C)C. The summed E-state index contributed by atoms with van der Waals surface area (Å²) in [6.45, 7) is 8.40. The molecule has 110 valence electrons. The Balaban J connectivity index is 2.11. The standard InChI is InChI=1S/C16H24N2O2/c1-10(2)18-11(3)7-15(12(18)4)16(20)17-14-6-5-13(8-14)9-19/h5-7,10,13-14,19H,8-9H2,1-4H3,(H,17,20)/t13-,14+/m0/s1. The minimum atomic E-state index is -0.0294. The number of carbonyl (C=O) groups is 1. The molecule has 20 heavy (non-hydrogen) atoms. The summed E-state index contributed by atoms with van der Waals surface area (Å²) in [7, 11) is 0. The zero-order chi connectivity index (χ0) is 14.9. The zero-order valence-corrected chi connectivity index (χ0v) is 12.7. The van der Waals surface area contributed by atoms with Crippen molar-refractivity contribution in [1.82, 2.24) is 9.88 Å². The Hall–Kier alpha value is -1.55. The molecule has 0 unspecified atom stereocenters. The summed E-state index contributed by atoms with van der Waals surface area (Å²) in [4.78, 5) is 12.4. The summed E-state index contributed by atoms with van der Waals surface area (Å²) >= 11 is 0. The Morgan fingerprint density at radius 2 is 2.15 bits per heavy atom. The fraction of sp³-hybridized carbons (Fsp3) is 0.562. The lowest BCUT2D eigenvalue weighted by Gasteiger charge is -2.15. The molecule has 0 bridgehead atoms. The number of aliphatic hydroxyl groups is 1. The van der Waals surface area contributed by atoms with Crippen LogP contribution in [0.1, 0.15) is 48.1 Å². The van der Waals surface area contributed by atoms with Crippen LogP contribution in [-0.4, -0.2) is 28.2 Å². The van der Waals surface area contributed by atoms with Gasteiger partial charge < -0.3 is 15.0 Å². The largest absolute Gasteiger partial charge is 0.396 e. The van der Waals surface area contributed by atoms with E-state index in [-0.39, 0.29) is 24.5 Å². The second-order valence-corrected chi connectivity index (χ2v) is 5.89. The maximum absolute atomic E-state index is 12.4. The molecule has 1 aromatic heterocycles. The number of hydrogen-bond donors (Lipinski definition) is 2. The lowest BCUT2D eigenvalue weighted by Crippen LogP contribution is -2.33. The number of nitrogens with zero attached hydrogens (tertiary/aromatic N) is 1. The van der Waals surface area contributed by atoms with Crippen molar-refractivity contribution in [3.05, 3.63) is 35.2 Å². The zero-order valence-electron chi connectivity index (χ0n) is 12.7. The van der Waals surface area contributed by atoms with Gasteiger partial charge in [-0.1, -0.05) is 12.2 Å². The maximum Gasteiger partial charge on any atom is 0.253 e. The highest BCUT2D eigenvalue weighted by Crippen LogP contribution is 2.21. The predicted molar refractivity (Wildman–Crippen MR) is 79.9 cm³/mol. The lowest BCUT2D eigenvalue weighted by molar-refractivity contribution is 0.0940. The van der Waals surface area contributed by atoms with Crippen molar-refractivity contribution in [1.29, 1.82) is 0 Å². The van der Waals surface area contributed by atoms with Gasteiger partial charge in [0.25, 0.3) is 5.91 Å². The van der Waals surface area contributed by atoms with Crippen LogP contribution in [-0.2, 0) is 0 Å². The van der Waals surface area contributed by atoms with Gasteiger partial charge in [0.15, 0.2) is 0 Å². The van der Waals surface area contributed by atoms with Crippen molar-refractivity contribution in [3.8, 4) is 0 Å². The normalized spacial score (nSPS) is 21.7. The Bertz CT molecular complexity index is 529. The van der Waals surface area contributed by atoms with Crippen molar-refractivity contribution in [2.75, 3.05) is 6.61 Å². The minimum Gasteiger partial charge on any atom is -0.396 e. The van der Waals surface area contributed by atoms with E-state index < -0.39 is 0 Å². The monoisotopic (exact) mass is 276 g/mol. The van der Waals surface area contributed by atoms with E-state index in [2.05, 4.69) is 23.7 Å². The Kier molecular flexibility index (Phi) is 4.33. The number of carbonyl (C=O) groups excluding carboxylic acids is 1. The second kappa shape index (κ2) is 5.83. The molecule has 0 saturated heterocycles. The topological polar surface area (TPSA) is 54.3 Å². The first-order chi connectivity index (χ1) is 9.43. The van der Waals surface area contributed by atoms with Gasteiger partial charge in [0.05, 0.1) is 5.56 Å². The molecule has 0 aromatic carbocycles. The first-order valence-corrected chi connectivity index (χ1v) is 7.22. The molecule has 0 saturated carbocycles. The third-order valence-corrected chi connectivity index (χ3v) is 3.97. The maximum atomic E-state index is 12.4. The molecule has 1 aliphatic carbocycles. The highest BCUT2D eigenvalue weighted by atomic mass is 16.3. The van der Waals surface area contributed by atoms with Gasteiger partial charge in [0.2, 0.25) is 0 Å². The third-order valence-electron chi connectivity index (χ3n) is 3.97. The summed E-state index contributed by atoms with van der Waals surface area (Å²) in [6, 6.07) is 2.33. The molecular weight excluding hydrogens is 252 g/mol. The fourth-order valence-electron chi connectivity index (χ4n) is 3.06. The number of rotatable bonds is 4. The molecule has 4 heteroatoms. The van der Waals surface area contributed by atoms with E-state index in [4.69, 9.17) is 5.11 Å². The van der Waals surface area contributed by atoms with E-state index >= 15 is 0 Å². The van der Waals surface area contributed by atoms with Gasteiger partial charge in [-0.25, -0.2) is 0 Å². The van der Waals surface area contributed by atoms with Gasteiger partial charge in [0, 0.05) is 36.0 Å². The number of aromatic nitrogens is 1. The number of aliphatic hydroxyl groups excluding tert-OH is 1. The summed E-state index contributed by atoms with van der Waals surface area (Å²) in [6.07, 6.45) is 4.73. The van der Waals surface area contributed by atoms with Crippen LogP contribution in [0.25, 0.3) is 0 Å². The van der Waals surface area contributed by atoms with E-state index in [0.29, 0.717) is 6.04 Å². The van der Waals surface area contributed by atoms with Crippen LogP contribution in [0.4, 0.5) is 0 Å². The van der Waals surface area contributed by atoms with Gasteiger partial charge in [0.1, 0.15) is 0 Å². The molecule has 0 fully saturated rings. The molecule has 4 nitrogen and oxygen atoms in total. The molecule has 1 heterocycles. The number of hydrogen-bond acceptors (Lipinski definition) is 2. The number of nitrogens with one attached hydrogen (secondary N) is 1. The molecule has 2 rings (SSSR count). The average Bonchev–Trinajstić information content (AvgIpc) is 2.93. The summed E-state index contributed by atoms with van der Waals surface area (Å²) in [5.74, 6) is 0.140. The predicted octanol–water partition coefficient (Wildman–Crippen LogP) is 2.35. The van der Waals surface area contributed by atoms with E-state index in [1.54, 1.807) is 0 Å². The van der Waals surface area contributed by atoms with Crippen LogP contribution >= 0.6 is 0 Å². The van der Waals surface area contributed by atoms with Gasteiger partial charge in [-0.15, -0.1) is 0 Å². The summed E-state index contributed by atoms with van der Waals surface area (Å²) < 4.78 is 2.18. The number of amides is 1. The number of aryl methyl sites for hydroxylation is 1. The first-order valence-electron chi connectivity index (χ1n) is 7.22. The quantitative estimate of drug-likeness (QED) is 0.829. The Labute approximate surface area is 120 Å². The van der Waals surface area contributed by atoms with Crippen LogP contribution in [0.15, 0.2) is 18.2 Å². The van der Waals surface area contributed by atoms with Gasteiger partial charge in [-0.2, -0.15) is 0 Å². The van der Waals surface area contributed by atoms with Gasteiger partial charge in [-0.05, 0) is 40.2 Å². The molecule has 0 aliphatic heterocycles. The molecule has 1 aliphatic rings. The van der Waals surface area contributed by atoms with Crippen LogP contribution in [0, 0.1) is 19.8 Å². The molecule has 0 spiro atoms. The van der Waals surface area contributed by atoms with Crippen LogP contribution in [0.5, 0.6) is 0 Å². The van der Waals surface area contributed by atoms with Gasteiger partial charge >= 0.3 is 0 Å². The molecule has 1 amide bonds. The average molecular weight is 276 g/mol. The van der Waals surface area contributed by atoms with Crippen molar-refractivity contribution in [2.45, 2.75) is 46.2 Å². The molecule has 1 aromatic rings. The van der Waals surface area contributed by atoms with Crippen molar-refractivity contribution < 1.29 is 9.90 Å². The van der Waals surface area contributed by atoms with E-state index in [1.807, 2.05) is 32.1 Å². The van der Waals surface area contributed by atoms with E-state index in [1.165, 1.54) is 0 Å². The summed E-state index contributed by atoms with van der Waals surface area (Å²) in [5, 5.41) is 12.1. The van der Waals surface area contributed by atoms with Crippen molar-refractivity contribution in [2.24, 2.45) is 5.92 Å². The smallest absolute Gasteiger partial charge is 0.253 e. The van der Waals surface area contributed by atoms with E-state index in [9.17, 15) is 4.79 Å². The highest BCUT2D eigenvalue weighted by Gasteiger charge is 2.22. The molecule has 2 atom stereocenters. The highest BCUT2D eigenvalue weighted by molar-refractivity contribution is 5.96. The Morgan fingerprint density at radius 1 is 1.45 bits per heavy atom. The fourth-order valence-corrected chi connectivity index (χ4v) is 3.06. The first kappa shape index (κ1) is 14.9. The minimum absolute atomic E-state index is 0.0294. The van der Waals surface area contributed by atoms with Crippen LogP contribution in [0.3, 0.4) is 0 Å². The van der Waals surface area contributed by atoms with Crippen LogP contribution in [0.2, 0.25) is 0 Å². The van der Waals surface area contributed by atoms with Crippen LogP contribution < -0.4 is 5.32 Å². The third kappa shape index (κ3) is 2.80.